The molecule has 1 aliphatic heterocycles. The van der Waals surface area contributed by atoms with Gasteiger partial charge in [0.15, 0.2) is 0 Å². The SMILES string of the molecule is CC(C)CCCC(=O)N1CCNCC1(C)C. The van der Waals surface area contributed by atoms with Crippen molar-refractivity contribution in [3.8, 4) is 0 Å². The van der Waals surface area contributed by atoms with Crippen LogP contribution in [-0.2, 0) is 4.79 Å². The van der Waals surface area contributed by atoms with Crippen LogP contribution >= 0.6 is 0 Å². The molecule has 1 amide bonds. The van der Waals surface area contributed by atoms with Crippen LogP contribution in [0.15, 0.2) is 0 Å². The van der Waals surface area contributed by atoms with E-state index in [2.05, 4.69) is 33.0 Å². The molecule has 94 valence electrons. The third-order valence-corrected chi connectivity index (χ3v) is 3.27. The zero-order valence-electron chi connectivity index (χ0n) is 11.2. The van der Waals surface area contributed by atoms with Crippen molar-refractivity contribution in [2.24, 2.45) is 5.92 Å². The van der Waals surface area contributed by atoms with Crippen molar-refractivity contribution in [3.05, 3.63) is 0 Å². The Morgan fingerprint density at radius 1 is 1.44 bits per heavy atom. The summed E-state index contributed by atoms with van der Waals surface area (Å²) in [5, 5.41) is 3.34. The average molecular weight is 226 g/mol. The molecule has 0 bridgehead atoms. The Hall–Kier alpha value is -0.570. The van der Waals surface area contributed by atoms with E-state index in [9.17, 15) is 4.79 Å². The fourth-order valence-corrected chi connectivity index (χ4v) is 2.24. The van der Waals surface area contributed by atoms with Gasteiger partial charge in [-0.2, -0.15) is 0 Å². The summed E-state index contributed by atoms with van der Waals surface area (Å²) in [4.78, 5) is 14.1. The summed E-state index contributed by atoms with van der Waals surface area (Å²) in [5.41, 5.74) is -0.0207. The van der Waals surface area contributed by atoms with E-state index in [0.29, 0.717) is 18.2 Å². The normalized spacial score (nSPS) is 20.2. The van der Waals surface area contributed by atoms with E-state index in [1.807, 2.05) is 4.90 Å². The first-order chi connectivity index (χ1) is 7.43. The zero-order valence-corrected chi connectivity index (χ0v) is 11.2. The first kappa shape index (κ1) is 13.5. The van der Waals surface area contributed by atoms with Crippen molar-refractivity contribution >= 4 is 5.91 Å². The number of carbonyl (C=O) groups excluding carboxylic acids is 1. The van der Waals surface area contributed by atoms with Crippen LogP contribution < -0.4 is 5.32 Å². The fraction of sp³-hybridized carbons (Fsp3) is 0.923. The molecule has 16 heavy (non-hydrogen) atoms. The van der Waals surface area contributed by atoms with Gasteiger partial charge in [-0.3, -0.25) is 4.79 Å². The van der Waals surface area contributed by atoms with E-state index in [1.54, 1.807) is 0 Å². The van der Waals surface area contributed by atoms with E-state index in [-0.39, 0.29) is 5.54 Å². The van der Waals surface area contributed by atoms with Gasteiger partial charge in [0.1, 0.15) is 0 Å². The van der Waals surface area contributed by atoms with Crippen molar-refractivity contribution in [1.82, 2.24) is 10.2 Å². The Morgan fingerprint density at radius 2 is 2.12 bits per heavy atom. The second-order valence-corrected chi connectivity index (χ2v) is 5.82. The second-order valence-electron chi connectivity index (χ2n) is 5.82. The van der Waals surface area contributed by atoms with Gasteiger partial charge in [0.25, 0.3) is 0 Å². The molecule has 0 spiro atoms. The lowest BCUT2D eigenvalue weighted by atomic mass is 9.98. The summed E-state index contributed by atoms with van der Waals surface area (Å²) in [6.45, 7) is 11.4. The summed E-state index contributed by atoms with van der Waals surface area (Å²) >= 11 is 0. The van der Waals surface area contributed by atoms with Crippen molar-refractivity contribution in [2.75, 3.05) is 19.6 Å². The maximum Gasteiger partial charge on any atom is 0.223 e. The van der Waals surface area contributed by atoms with E-state index >= 15 is 0 Å². The summed E-state index contributed by atoms with van der Waals surface area (Å²) < 4.78 is 0. The molecule has 1 aliphatic rings. The number of hydrogen-bond donors (Lipinski definition) is 1. The highest BCUT2D eigenvalue weighted by Gasteiger charge is 2.32. The van der Waals surface area contributed by atoms with E-state index in [0.717, 1.165) is 32.5 Å². The molecule has 1 fully saturated rings. The van der Waals surface area contributed by atoms with Crippen LogP contribution in [0.3, 0.4) is 0 Å². The van der Waals surface area contributed by atoms with Crippen molar-refractivity contribution in [1.29, 1.82) is 0 Å². The summed E-state index contributed by atoms with van der Waals surface area (Å²) in [5.74, 6) is 1.02. The fourth-order valence-electron chi connectivity index (χ4n) is 2.24. The molecule has 1 heterocycles. The van der Waals surface area contributed by atoms with Gasteiger partial charge in [0.05, 0.1) is 0 Å². The molecule has 1 rings (SSSR count). The third kappa shape index (κ3) is 3.78. The zero-order chi connectivity index (χ0) is 12.2. The summed E-state index contributed by atoms with van der Waals surface area (Å²) in [6, 6.07) is 0. The first-order valence-corrected chi connectivity index (χ1v) is 6.44. The van der Waals surface area contributed by atoms with Crippen molar-refractivity contribution < 1.29 is 4.79 Å². The van der Waals surface area contributed by atoms with Gasteiger partial charge in [-0.25, -0.2) is 0 Å². The molecule has 0 saturated carbocycles. The quantitative estimate of drug-likeness (QED) is 0.795. The Kier molecular flexibility index (Phi) is 4.78. The summed E-state index contributed by atoms with van der Waals surface area (Å²) in [7, 11) is 0. The predicted molar refractivity (Wildman–Crippen MR) is 67.4 cm³/mol. The van der Waals surface area contributed by atoms with Crippen LogP contribution in [0, 0.1) is 5.92 Å². The van der Waals surface area contributed by atoms with Gasteiger partial charge in [0.2, 0.25) is 5.91 Å². The van der Waals surface area contributed by atoms with Gasteiger partial charge in [-0.1, -0.05) is 20.3 Å². The topological polar surface area (TPSA) is 32.3 Å². The predicted octanol–water partition coefficient (Wildman–Crippen LogP) is 2.02. The van der Waals surface area contributed by atoms with E-state index in [4.69, 9.17) is 0 Å². The monoisotopic (exact) mass is 226 g/mol. The number of nitrogens with zero attached hydrogens (tertiary/aromatic N) is 1. The van der Waals surface area contributed by atoms with Crippen LogP contribution in [0.4, 0.5) is 0 Å². The average Bonchev–Trinajstić information content (AvgIpc) is 2.16. The highest BCUT2D eigenvalue weighted by Crippen LogP contribution is 2.18. The van der Waals surface area contributed by atoms with Crippen LogP contribution in [0.25, 0.3) is 0 Å². The van der Waals surface area contributed by atoms with Gasteiger partial charge >= 0.3 is 0 Å². The van der Waals surface area contributed by atoms with Crippen molar-refractivity contribution in [3.63, 3.8) is 0 Å². The minimum Gasteiger partial charge on any atom is -0.335 e. The number of nitrogens with one attached hydrogen (secondary N) is 1. The number of carbonyl (C=O) groups is 1. The number of piperazine rings is 1. The molecule has 1 saturated heterocycles. The lowest BCUT2D eigenvalue weighted by molar-refractivity contribution is -0.137. The Bertz CT molecular complexity index is 236. The minimum atomic E-state index is -0.0207. The molecule has 0 aliphatic carbocycles. The lowest BCUT2D eigenvalue weighted by Crippen LogP contribution is -2.59. The molecule has 0 atom stereocenters. The Morgan fingerprint density at radius 3 is 2.69 bits per heavy atom. The molecular weight excluding hydrogens is 200 g/mol. The molecular formula is C13H26N2O. The number of rotatable bonds is 4. The maximum atomic E-state index is 12.1. The maximum absolute atomic E-state index is 12.1. The number of amides is 1. The van der Waals surface area contributed by atoms with Crippen molar-refractivity contribution in [2.45, 2.75) is 52.5 Å². The Balaban J connectivity index is 2.40. The molecule has 0 radical (unpaired) electrons. The molecule has 1 N–H and O–H groups in total. The van der Waals surface area contributed by atoms with Crippen LogP contribution in [0.1, 0.15) is 47.0 Å². The second kappa shape index (κ2) is 5.67. The standard InChI is InChI=1S/C13H26N2O/c1-11(2)6-5-7-12(16)15-9-8-14-10-13(15,3)4/h11,14H,5-10H2,1-4H3. The molecule has 0 aromatic carbocycles. The van der Waals surface area contributed by atoms with Gasteiger partial charge in [0, 0.05) is 31.6 Å². The molecule has 0 aromatic heterocycles. The summed E-state index contributed by atoms with van der Waals surface area (Å²) in [6.07, 6.45) is 2.89. The highest BCUT2D eigenvalue weighted by atomic mass is 16.2. The van der Waals surface area contributed by atoms with Gasteiger partial charge < -0.3 is 10.2 Å². The molecule has 0 aromatic rings. The molecule has 3 heteroatoms. The first-order valence-electron chi connectivity index (χ1n) is 6.44. The van der Waals surface area contributed by atoms with E-state index < -0.39 is 0 Å². The minimum absolute atomic E-state index is 0.0207. The van der Waals surface area contributed by atoms with Crippen LogP contribution in [0.5, 0.6) is 0 Å². The largest absolute Gasteiger partial charge is 0.335 e. The van der Waals surface area contributed by atoms with Gasteiger partial charge in [-0.15, -0.1) is 0 Å². The van der Waals surface area contributed by atoms with E-state index in [1.165, 1.54) is 0 Å². The highest BCUT2D eigenvalue weighted by molar-refractivity contribution is 5.77. The Labute approximate surface area is 99.6 Å². The van der Waals surface area contributed by atoms with Crippen LogP contribution in [-0.4, -0.2) is 36.0 Å². The molecule has 0 unspecified atom stereocenters. The van der Waals surface area contributed by atoms with Gasteiger partial charge in [-0.05, 0) is 26.2 Å². The molecule has 3 nitrogen and oxygen atoms in total. The van der Waals surface area contributed by atoms with Crippen LogP contribution in [0.2, 0.25) is 0 Å². The third-order valence-electron chi connectivity index (χ3n) is 3.27. The lowest BCUT2D eigenvalue weighted by Gasteiger charge is -2.43. The smallest absolute Gasteiger partial charge is 0.223 e. The number of hydrogen-bond acceptors (Lipinski definition) is 2.